The molecule has 2 heterocycles. The Balaban J connectivity index is 1.76. The van der Waals surface area contributed by atoms with Gasteiger partial charge in [-0.3, -0.25) is 9.59 Å². The van der Waals surface area contributed by atoms with Crippen molar-refractivity contribution in [1.29, 1.82) is 0 Å². The number of hydrogen-bond donors (Lipinski definition) is 0. The van der Waals surface area contributed by atoms with E-state index in [0.29, 0.717) is 16.0 Å². The standard InChI is InChI=1S/C25H21BrN2O7/c1-25(2,3)35-24(33)28-21(29)19(20(26)22(28)30)17-12-27(23(31)32)18-10-9-15(11-16(17)18)34-13-14-7-5-4-6-8-14/h4-12H,13H2,1-3H3,(H,31,32)/p-1. The maximum Gasteiger partial charge on any atom is 0.424 e. The van der Waals surface area contributed by atoms with Crippen LogP contribution in [0.5, 0.6) is 5.75 Å². The molecule has 3 aromatic rings. The fourth-order valence-corrected chi connectivity index (χ4v) is 4.16. The minimum atomic E-state index is -1.53. The van der Waals surface area contributed by atoms with Crippen molar-refractivity contribution in [3.8, 4) is 5.75 Å². The molecule has 3 amide bonds. The van der Waals surface area contributed by atoms with Crippen molar-refractivity contribution in [3.05, 3.63) is 70.3 Å². The molecule has 0 N–H and O–H groups in total. The van der Waals surface area contributed by atoms with Crippen LogP contribution >= 0.6 is 15.9 Å². The van der Waals surface area contributed by atoms with Gasteiger partial charge in [-0.05, 0) is 60.5 Å². The lowest BCUT2D eigenvalue weighted by Crippen LogP contribution is -2.41. The summed E-state index contributed by atoms with van der Waals surface area (Å²) in [5.74, 6) is -1.44. The van der Waals surface area contributed by atoms with E-state index in [1.807, 2.05) is 30.3 Å². The number of carbonyl (C=O) groups excluding carboxylic acids is 4. The van der Waals surface area contributed by atoms with Crippen LogP contribution in [0.2, 0.25) is 0 Å². The molecule has 0 spiro atoms. The van der Waals surface area contributed by atoms with Crippen molar-refractivity contribution in [2.24, 2.45) is 0 Å². The van der Waals surface area contributed by atoms with Crippen molar-refractivity contribution in [3.63, 3.8) is 0 Å². The Morgan fingerprint density at radius 3 is 2.34 bits per heavy atom. The number of carbonyl (C=O) groups is 4. The Labute approximate surface area is 208 Å². The third kappa shape index (κ3) is 4.69. The molecule has 0 fully saturated rings. The summed E-state index contributed by atoms with van der Waals surface area (Å²) in [6.07, 6.45) is -1.49. The van der Waals surface area contributed by atoms with E-state index in [-0.39, 0.29) is 27.7 Å². The van der Waals surface area contributed by atoms with Gasteiger partial charge in [0.2, 0.25) is 0 Å². The molecule has 180 valence electrons. The van der Waals surface area contributed by atoms with Gasteiger partial charge in [-0.2, -0.15) is 4.90 Å². The van der Waals surface area contributed by atoms with E-state index < -0.39 is 29.6 Å². The fraction of sp³-hybridized carbons (Fsp3) is 0.200. The summed E-state index contributed by atoms with van der Waals surface area (Å²) < 4.78 is 11.7. The Bertz CT molecular complexity index is 1400. The summed E-state index contributed by atoms with van der Waals surface area (Å²) in [6, 6.07) is 14.1. The number of ether oxygens (including phenoxy) is 2. The Kier molecular flexibility index (Phi) is 6.25. The number of halogens is 1. The molecule has 1 aromatic heterocycles. The first-order chi connectivity index (χ1) is 16.5. The van der Waals surface area contributed by atoms with Crippen LogP contribution in [-0.4, -0.2) is 39.1 Å². The van der Waals surface area contributed by atoms with Crippen LogP contribution in [0.1, 0.15) is 31.9 Å². The van der Waals surface area contributed by atoms with Gasteiger partial charge in [-0.25, -0.2) is 4.79 Å². The van der Waals surface area contributed by atoms with Crippen molar-refractivity contribution in [2.75, 3.05) is 0 Å². The minimum Gasteiger partial charge on any atom is -0.529 e. The van der Waals surface area contributed by atoms with Gasteiger partial charge in [-0.1, -0.05) is 30.3 Å². The molecule has 0 saturated carbocycles. The highest BCUT2D eigenvalue weighted by Crippen LogP contribution is 2.39. The van der Waals surface area contributed by atoms with Gasteiger partial charge < -0.3 is 23.9 Å². The van der Waals surface area contributed by atoms with E-state index in [1.165, 1.54) is 12.3 Å². The highest BCUT2D eigenvalue weighted by atomic mass is 79.9. The second-order valence-corrected chi connectivity index (χ2v) is 9.54. The van der Waals surface area contributed by atoms with Gasteiger partial charge in [-0.15, -0.1) is 0 Å². The molecule has 4 rings (SSSR count). The lowest BCUT2D eigenvalue weighted by atomic mass is 10.1. The first-order valence-corrected chi connectivity index (χ1v) is 11.3. The maximum absolute atomic E-state index is 13.2. The number of amides is 3. The smallest absolute Gasteiger partial charge is 0.424 e. The second-order valence-electron chi connectivity index (χ2n) is 8.75. The highest BCUT2D eigenvalue weighted by Gasteiger charge is 2.44. The summed E-state index contributed by atoms with van der Waals surface area (Å²) in [5.41, 5.74) is 0.144. The number of hydrogen-bond acceptors (Lipinski definition) is 7. The third-order valence-corrected chi connectivity index (χ3v) is 5.83. The summed E-state index contributed by atoms with van der Waals surface area (Å²) in [4.78, 5) is 50.6. The van der Waals surface area contributed by atoms with E-state index in [4.69, 9.17) is 9.47 Å². The Morgan fingerprint density at radius 2 is 1.71 bits per heavy atom. The van der Waals surface area contributed by atoms with Crippen molar-refractivity contribution >= 4 is 56.4 Å². The zero-order chi connectivity index (χ0) is 25.5. The summed E-state index contributed by atoms with van der Waals surface area (Å²) in [7, 11) is 0. The van der Waals surface area contributed by atoms with Crippen molar-refractivity contribution in [1.82, 2.24) is 9.47 Å². The van der Waals surface area contributed by atoms with E-state index in [1.54, 1.807) is 32.9 Å². The predicted molar refractivity (Wildman–Crippen MR) is 127 cm³/mol. The predicted octanol–water partition coefficient (Wildman–Crippen LogP) is 3.82. The topological polar surface area (TPSA) is 118 Å². The molecule has 0 atom stereocenters. The Hall–Kier alpha value is -3.92. The molecular formula is C25H20BrN2O7-. The van der Waals surface area contributed by atoms with Gasteiger partial charge in [0.1, 0.15) is 24.1 Å². The third-order valence-electron chi connectivity index (χ3n) is 5.09. The molecule has 9 nitrogen and oxygen atoms in total. The van der Waals surface area contributed by atoms with Crippen LogP contribution in [0, 0.1) is 0 Å². The number of aromatic nitrogens is 1. The summed E-state index contributed by atoms with van der Waals surface area (Å²) >= 11 is 3.10. The second kappa shape index (κ2) is 9.03. The van der Waals surface area contributed by atoms with Crippen LogP contribution < -0.4 is 9.84 Å². The number of rotatable bonds is 4. The van der Waals surface area contributed by atoms with Gasteiger partial charge in [0.15, 0.2) is 0 Å². The monoisotopic (exact) mass is 539 g/mol. The first-order valence-electron chi connectivity index (χ1n) is 10.5. The van der Waals surface area contributed by atoms with Crippen LogP contribution in [0.25, 0.3) is 16.5 Å². The van der Waals surface area contributed by atoms with Crippen LogP contribution in [0.3, 0.4) is 0 Å². The molecule has 0 radical (unpaired) electrons. The normalized spacial score (nSPS) is 14.1. The number of imide groups is 3. The van der Waals surface area contributed by atoms with Gasteiger partial charge in [0, 0.05) is 17.1 Å². The van der Waals surface area contributed by atoms with Crippen LogP contribution in [0.15, 0.2) is 59.2 Å². The zero-order valence-electron chi connectivity index (χ0n) is 19.0. The largest absolute Gasteiger partial charge is 0.529 e. The number of carboxylic acid groups (broad SMARTS) is 1. The first kappa shape index (κ1) is 24.2. The van der Waals surface area contributed by atoms with Gasteiger partial charge in [0.25, 0.3) is 11.8 Å². The molecule has 1 aliphatic rings. The molecule has 0 unspecified atom stereocenters. The molecule has 10 heteroatoms. The molecule has 35 heavy (non-hydrogen) atoms. The Morgan fingerprint density at radius 1 is 1.03 bits per heavy atom. The van der Waals surface area contributed by atoms with E-state index in [2.05, 4.69) is 15.9 Å². The average Bonchev–Trinajstić information content (AvgIpc) is 3.26. The molecule has 0 bridgehead atoms. The van der Waals surface area contributed by atoms with E-state index in [0.717, 1.165) is 10.1 Å². The molecule has 1 aliphatic heterocycles. The molecule has 0 saturated heterocycles. The summed E-state index contributed by atoms with van der Waals surface area (Å²) in [6.45, 7) is 5.07. The number of nitrogens with zero attached hydrogens (tertiary/aromatic N) is 2. The fourth-order valence-electron chi connectivity index (χ4n) is 3.60. The van der Waals surface area contributed by atoms with Crippen LogP contribution in [0.4, 0.5) is 9.59 Å². The average molecular weight is 540 g/mol. The van der Waals surface area contributed by atoms with E-state index in [9.17, 15) is 24.3 Å². The lowest BCUT2D eigenvalue weighted by Gasteiger charge is -2.22. The molecule has 2 aromatic carbocycles. The quantitative estimate of drug-likeness (QED) is 0.462. The lowest BCUT2D eigenvalue weighted by molar-refractivity contribution is -0.249. The number of fused-ring (bicyclic) bond motifs is 1. The number of benzene rings is 2. The van der Waals surface area contributed by atoms with Gasteiger partial charge in [0.05, 0.1) is 15.6 Å². The minimum absolute atomic E-state index is 0.116. The van der Waals surface area contributed by atoms with Crippen molar-refractivity contribution in [2.45, 2.75) is 33.0 Å². The molecule has 0 aliphatic carbocycles. The molecular weight excluding hydrogens is 520 g/mol. The van der Waals surface area contributed by atoms with Crippen molar-refractivity contribution < 1.29 is 33.8 Å². The SMILES string of the molecule is CC(C)(C)OC(=O)N1C(=O)C(Br)=C(c2cn(C(=O)[O-])c3ccc(OCc4ccccc4)cc23)C1=O. The van der Waals surface area contributed by atoms with Crippen LogP contribution in [-0.2, 0) is 20.9 Å². The summed E-state index contributed by atoms with van der Waals surface area (Å²) in [5, 5.41) is 12.1. The van der Waals surface area contributed by atoms with E-state index >= 15 is 0 Å². The zero-order valence-corrected chi connectivity index (χ0v) is 20.6. The highest BCUT2D eigenvalue weighted by molar-refractivity contribution is 9.12. The van der Waals surface area contributed by atoms with Gasteiger partial charge >= 0.3 is 6.09 Å². The maximum atomic E-state index is 13.2.